The highest BCUT2D eigenvalue weighted by Crippen LogP contribution is 2.24. The predicted molar refractivity (Wildman–Crippen MR) is 50.1 cm³/mol. The summed E-state index contributed by atoms with van der Waals surface area (Å²) in [7, 11) is 0. The van der Waals surface area contributed by atoms with Gasteiger partial charge in [-0.05, 0) is 12.5 Å². The van der Waals surface area contributed by atoms with Crippen molar-refractivity contribution in [3.05, 3.63) is 18.1 Å². The van der Waals surface area contributed by atoms with Gasteiger partial charge in [-0.25, -0.2) is 0 Å². The van der Waals surface area contributed by atoms with Crippen LogP contribution < -0.4 is 0 Å². The number of nitrogens with zero attached hydrogens (tertiary/aromatic N) is 3. The SMILES string of the molecule is c1cc(-c2nc([C@H]3CCOC3)no2)[nH]n1. The Labute approximate surface area is 85.6 Å². The third-order valence-corrected chi connectivity index (χ3v) is 2.47. The van der Waals surface area contributed by atoms with Crippen LogP contribution in [0.5, 0.6) is 0 Å². The van der Waals surface area contributed by atoms with Gasteiger partial charge in [0.25, 0.3) is 5.89 Å². The van der Waals surface area contributed by atoms with Gasteiger partial charge in [-0.1, -0.05) is 5.16 Å². The maximum Gasteiger partial charge on any atom is 0.275 e. The Morgan fingerprint density at radius 2 is 2.47 bits per heavy atom. The van der Waals surface area contributed by atoms with E-state index >= 15 is 0 Å². The molecule has 3 heterocycles. The highest BCUT2D eigenvalue weighted by atomic mass is 16.5. The Hall–Kier alpha value is -1.69. The summed E-state index contributed by atoms with van der Waals surface area (Å²) in [6, 6.07) is 1.79. The van der Waals surface area contributed by atoms with Crippen molar-refractivity contribution < 1.29 is 9.26 Å². The van der Waals surface area contributed by atoms with Crippen LogP contribution in [0.2, 0.25) is 0 Å². The first-order chi connectivity index (χ1) is 7.43. The lowest BCUT2D eigenvalue weighted by molar-refractivity contribution is 0.192. The van der Waals surface area contributed by atoms with Crippen molar-refractivity contribution in [3.63, 3.8) is 0 Å². The number of rotatable bonds is 2. The van der Waals surface area contributed by atoms with Gasteiger partial charge < -0.3 is 9.26 Å². The smallest absolute Gasteiger partial charge is 0.275 e. The zero-order chi connectivity index (χ0) is 10.1. The first-order valence-electron chi connectivity index (χ1n) is 4.84. The molecule has 15 heavy (non-hydrogen) atoms. The summed E-state index contributed by atoms with van der Waals surface area (Å²) in [6.45, 7) is 1.46. The maximum absolute atomic E-state index is 5.27. The van der Waals surface area contributed by atoms with Crippen molar-refractivity contribution in [2.24, 2.45) is 0 Å². The second-order valence-corrected chi connectivity index (χ2v) is 3.49. The molecule has 2 aromatic rings. The minimum atomic E-state index is 0.269. The molecular formula is C9H10N4O2. The summed E-state index contributed by atoms with van der Waals surface area (Å²) in [5.41, 5.74) is 0.743. The Bertz CT molecular complexity index is 431. The summed E-state index contributed by atoms with van der Waals surface area (Å²) in [5, 5.41) is 10.5. The highest BCUT2D eigenvalue weighted by Gasteiger charge is 2.23. The summed E-state index contributed by atoms with van der Waals surface area (Å²) < 4.78 is 10.4. The largest absolute Gasteiger partial charge is 0.381 e. The van der Waals surface area contributed by atoms with Crippen molar-refractivity contribution >= 4 is 0 Å². The molecule has 0 bridgehead atoms. The van der Waals surface area contributed by atoms with E-state index in [2.05, 4.69) is 20.3 Å². The van der Waals surface area contributed by atoms with Crippen LogP contribution >= 0.6 is 0 Å². The van der Waals surface area contributed by atoms with Gasteiger partial charge in [-0.3, -0.25) is 5.10 Å². The van der Waals surface area contributed by atoms with Gasteiger partial charge >= 0.3 is 0 Å². The first kappa shape index (κ1) is 8.60. The molecule has 0 aliphatic carbocycles. The van der Waals surface area contributed by atoms with Crippen LogP contribution in [0.15, 0.2) is 16.8 Å². The Morgan fingerprint density at radius 3 is 3.20 bits per heavy atom. The van der Waals surface area contributed by atoms with Gasteiger partial charge in [-0.2, -0.15) is 10.1 Å². The number of hydrogen-bond acceptors (Lipinski definition) is 5. The predicted octanol–water partition coefficient (Wildman–Crippen LogP) is 0.964. The summed E-state index contributed by atoms with van der Waals surface area (Å²) in [6.07, 6.45) is 2.61. The lowest BCUT2D eigenvalue weighted by Gasteiger charge is -1.97. The van der Waals surface area contributed by atoms with E-state index in [0.717, 1.165) is 24.5 Å². The van der Waals surface area contributed by atoms with Crippen LogP contribution in [0.1, 0.15) is 18.2 Å². The molecule has 0 unspecified atom stereocenters. The molecule has 2 aromatic heterocycles. The van der Waals surface area contributed by atoms with E-state index < -0.39 is 0 Å². The number of aromatic amines is 1. The minimum absolute atomic E-state index is 0.269. The first-order valence-corrected chi connectivity index (χ1v) is 4.84. The quantitative estimate of drug-likeness (QED) is 0.792. The molecule has 0 spiro atoms. The number of nitrogens with one attached hydrogen (secondary N) is 1. The van der Waals surface area contributed by atoms with Crippen molar-refractivity contribution in [2.45, 2.75) is 12.3 Å². The lowest BCUT2D eigenvalue weighted by atomic mass is 10.1. The standard InChI is InChI=1S/C9H10N4O2/c1-3-10-12-7(1)9-11-8(13-15-9)6-2-4-14-5-6/h1,3,6H,2,4-5H2,(H,10,12)/t6-/m0/s1. The Kier molecular flexibility index (Phi) is 1.99. The monoisotopic (exact) mass is 206 g/mol. The normalized spacial score (nSPS) is 20.9. The van der Waals surface area contributed by atoms with Crippen LogP contribution in [0, 0.1) is 0 Å². The van der Waals surface area contributed by atoms with Crippen molar-refractivity contribution in [2.75, 3.05) is 13.2 Å². The maximum atomic E-state index is 5.27. The highest BCUT2D eigenvalue weighted by molar-refractivity contribution is 5.44. The van der Waals surface area contributed by atoms with E-state index in [4.69, 9.17) is 9.26 Å². The third-order valence-electron chi connectivity index (χ3n) is 2.47. The molecule has 1 saturated heterocycles. The van der Waals surface area contributed by atoms with Crippen molar-refractivity contribution in [1.82, 2.24) is 20.3 Å². The van der Waals surface area contributed by atoms with Crippen LogP contribution in [0.3, 0.4) is 0 Å². The van der Waals surface area contributed by atoms with Gasteiger partial charge in [0.15, 0.2) is 5.82 Å². The molecule has 6 nitrogen and oxygen atoms in total. The fourth-order valence-electron chi connectivity index (χ4n) is 1.62. The molecule has 78 valence electrons. The zero-order valence-corrected chi connectivity index (χ0v) is 8.01. The molecule has 0 saturated carbocycles. The number of H-pyrrole nitrogens is 1. The molecule has 0 aromatic carbocycles. The Morgan fingerprint density at radius 1 is 1.47 bits per heavy atom. The molecular weight excluding hydrogens is 196 g/mol. The molecule has 1 atom stereocenters. The summed E-state index contributed by atoms with van der Waals surface area (Å²) in [5.74, 6) is 1.47. The van der Waals surface area contributed by atoms with E-state index in [1.165, 1.54) is 0 Å². The lowest BCUT2D eigenvalue weighted by Crippen LogP contribution is -1.99. The Balaban J connectivity index is 1.87. The zero-order valence-electron chi connectivity index (χ0n) is 8.01. The van der Waals surface area contributed by atoms with E-state index in [-0.39, 0.29) is 5.92 Å². The van der Waals surface area contributed by atoms with Crippen LogP contribution in [0.25, 0.3) is 11.6 Å². The molecule has 1 N–H and O–H groups in total. The van der Waals surface area contributed by atoms with Gasteiger partial charge in [0.1, 0.15) is 5.69 Å². The number of ether oxygens (including phenoxy) is 1. The number of aromatic nitrogens is 4. The number of hydrogen-bond donors (Lipinski definition) is 1. The topological polar surface area (TPSA) is 76.8 Å². The van der Waals surface area contributed by atoms with Crippen molar-refractivity contribution in [1.29, 1.82) is 0 Å². The minimum Gasteiger partial charge on any atom is -0.381 e. The fourth-order valence-corrected chi connectivity index (χ4v) is 1.62. The van der Waals surface area contributed by atoms with E-state index in [1.807, 2.05) is 0 Å². The van der Waals surface area contributed by atoms with Crippen molar-refractivity contribution in [3.8, 4) is 11.6 Å². The molecule has 1 fully saturated rings. The molecule has 0 radical (unpaired) electrons. The fraction of sp³-hybridized carbons (Fsp3) is 0.444. The van der Waals surface area contributed by atoms with Crippen LogP contribution in [0.4, 0.5) is 0 Å². The molecule has 1 aliphatic heterocycles. The molecule has 6 heteroatoms. The van der Waals surface area contributed by atoms with E-state index in [1.54, 1.807) is 12.3 Å². The van der Waals surface area contributed by atoms with E-state index in [0.29, 0.717) is 12.5 Å². The molecule has 0 amide bonds. The molecule has 3 rings (SSSR count). The average molecular weight is 206 g/mol. The second kappa shape index (κ2) is 3.47. The second-order valence-electron chi connectivity index (χ2n) is 3.49. The average Bonchev–Trinajstić information content (AvgIpc) is 3.02. The summed E-state index contributed by atoms with van der Waals surface area (Å²) >= 11 is 0. The molecule has 1 aliphatic rings. The summed E-state index contributed by atoms with van der Waals surface area (Å²) in [4.78, 5) is 4.31. The van der Waals surface area contributed by atoms with Crippen LogP contribution in [-0.2, 0) is 4.74 Å². The van der Waals surface area contributed by atoms with Gasteiger partial charge in [0.2, 0.25) is 0 Å². The van der Waals surface area contributed by atoms with Gasteiger partial charge in [-0.15, -0.1) is 0 Å². The van der Waals surface area contributed by atoms with E-state index in [9.17, 15) is 0 Å². The third kappa shape index (κ3) is 1.52. The van der Waals surface area contributed by atoms with Gasteiger partial charge in [0.05, 0.1) is 6.61 Å². The van der Waals surface area contributed by atoms with Gasteiger partial charge in [0, 0.05) is 18.7 Å². The van der Waals surface area contributed by atoms with Crippen LogP contribution in [-0.4, -0.2) is 33.6 Å².